The Hall–Kier alpha value is -2.18. The van der Waals surface area contributed by atoms with Gasteiger partial charge in [0.1, 0.15) is 0 Å². The number of carboxylic acid groups (broad SMARTS) is 1. The second-order valence-corrected chi connectivity index (χ2v) is 9.78. The number of halogens is 3. The number of benzene rings is 1. The molecule has 1 amide bonds. The third-order valence-corrected chi connectivity index (χ3v) is 7.38. The Balaban J connectivity index is 0.000000451. The molecule has 0 bridgehead atoms. The summed E-state index contributed by atoms with van der Waals surface area (Å²) in [6.45, 7) is 8.46. The molecule has 180 valence electrons. The van der Waals surface area contributed by atoms with Crippen LogP contribution in [0.4, 0.5) is 13.2 Å². The molecule has 1 aliphatic carbocycles. The van der Waals surface area contributed by atoms with Crippen molar-refractivity contribution in [3.8, 4) is 0 Å². The van der Waals surface area contributed by atoms with Gasteiger partial charge < -0.3 is 15.3 Å². The first-order chi connectivity index (χ1) is 14.7. The molecule has 2 aliphatic rings. The Bertz CT molecular complexity index is 956. The first-order valence-electron chi connectivity index (χ1n) is 10.1. The highest BCUT2D eigenvalue weighted by molar-refractivity contribution is 7.89. The fourth-order valence-electron chi connectivity index (χ4n) is 3.26. The number of hydrogen-bond donors (Lipinski definition) is 2. The van der Waals surface area contributed by atoms with Gasteiger partial charge in [0.15, 0.2) is 0 Å². The molecule has 2 N–H and O–H groups in total. The summed E-state index contributed by atoms with van der Waals surface area (Å²) < 4.78 is 59.7. The van der Waals surface area contributed by atoms with Gasteiger partial charge in [-0.1, -0.05) is 6.07 Å². The highest BCUT2D eigenvalue weighted by Crippen LogP contribution is 2.33. The molecular formula is C20H28F3N3O5S. The molecule has 1 saturated carbocycles. The molecule has 32 heavy (non-hydrogen) atoms. The van der Waals surface area contributed by atoms with Gasteiger partial charge in [-0.3, -0.25) is 4.79 Å². The summed E-state index contributed by atoms with van der Waals surface area (Å²) in [5, 5.41) is 10.3. The summed E-state index contributed by atoms with van der Waals surface area (Å²) in [5.41, 5.74) is 2.77. The first-order valence-corrected chi connectivity index (χ1v) is 11.6. The zero-order valence-corrected chi connectivity index (χ0v) is 19.0. The van der Waals surface area contributed by atoms with Crippen molar-refractivity contribution >= 4 is 21.9 Å². The maximum atomic E-state index is 13.3. The van der Waals surface area contributed by atoms with E-state index in [-0.39, 0.29) is 18.5 Å². The van der Waals surface area contributed by atoms with E-state index in [0.29, 0.717) is 18.0 Å². The molecule has 1 saturated heterocycles. The smallest absolute Gasteiger partial charge is 0.475 e. The Morgan fingerprint density at radius 1 is 1.09 bits per heavy atom. The third kappa shape index (κ3) is 6.66. The number of nitrogens with one attached hydrogen (secondary N) is 1. The predicted octanol–water partition coefficient (Wildman–Crippen LogP) is 1.83. The molecule has 2 fully saturated rings. The molecular weight excluding hydrogens is 451 g/mol. The minimum atomic E-state index is -5.08. The molecule has 0 unspecified atom stereocenters. The lowest BCUT2D eigenvalue weighted by Gasteiger charge is -2.30. The number of aliphatic carboxylic acids is 1. The average Bonchev–Trinajstić information content (AvgIpc) is 3.54. The van der Waals surface area contributed by atoms with Crippen molar-refractivity contribution in [1.29, 1.82) is 0 Å². The van der Waals surface area contributed by atoms with Crippen LogP contribution in [0.3, 0.4) is 0 Å². The summed E-state index contributed by atoms with van der Waals surface area (Å²) in [5.74, 6) is -2.86. The Morgan fingerprint density at radius 3 is 2.06 bits per heavy atom. The van der Waals surface area contributed by atoms with E-state index in [9.17, 15) is 26.4 Å². The maximum Gasteiger partial charge on any atom is 0.490 e. The molecule has 1 aliphatic heterocycles. The largest absolute Gasteiger partial charge is 0.490 e. The first kappa shape index (κ1) is 26.1. The van der Waals surface area contributed by atoms with Crippen LogP contribution in [0.2, 0.25) is 0 Å². The Labute approximate surface area is 185 Å². The lowest BCUT2D eigenvalue weighted by Crippen LogP contribution is -2.50. The van der Waals surface area contributed by atoms with Crippen LogP contribution in [0.25, 0.3) is 0 Å². The van der Waals surface area contributed by atoms with Crippen LogP contribution in [-0.4, -0.2) is 79.5 Å². The number of nitrogens with zero attached hydrogens (tertiary/aromatic N) is 2. The van der Waals surface area contributed by atoms with E-state index in [0.717, 1.165) is 42.6 Å². The van der Waals surface area contributed by atoms with Gasteiger partial charge in [-0.2, -0.15) is 17.5 Å². The van der Waals surface area contributed by atoms with Gasteiger partial charge in [-0.15, -0.1) is 0 Å². The van der Waals surface area contributed by atoms with Crippen LogP contribution in [0.1, 0.15) is 29.5 Å². The second-order valence-electron chi connectivity index (χ2n) is 7.92. The summed E-state index contributed by atoms with van der Waals surface area (Å²) >= 11 is 0. The molecule has 1 aromatic rings. The number of amides is 1. The van der Waals surface area contributed by atoms with Crippen LogP contribution in [-0.2, 0) is 19.6 Å². The zero-order chi connectivity index (χ0) is 24.3. The van der Waals surface area contributed by atoms with Crippen LogP contribution >= 0.6 is 0 Å². The number of sulfonamides is 1. The van der Waals surface area contributed by atoms with Crippen molar-refractivity contribution in [3.05, 3.63) is 28.8 Å². The molecule has 1 heterocycles. The number of aryl methyl sites for hydroxylation is 3. The van der Waals surface area contributed by atoms with Crippen molar-refractivity contribution in [2.75, 3.05) is 32.7 Å². The minimum absolute atomic E-state index is 0.0436. The van der Waals surface area contributed by atoms with Gasteiger partial charge >= 0.3 is 12.1 Å². The van der Waals surface area contributed by atoms with E-state index in [1.54, 1.807) is 11.0 Å². The predicted molar refractivity (Wildman–Crippen MR) is 111 cm³/mol. The van der Waals surface area contributed by atoms with Gasteiger partial charge in [0, 0.05) is 32.2 Å². The van der Waals surface area contributed by atoms with Crippen molar-refractivity contribution in [2.45, 2.75) is 50.7 Å². The number of rotatable bonds is 5. The zero-order valence-electron chi connectivity index (χ0n) is 18.2. The van der Waals surface area contributed by atoms with Crippen molar-refractivity contribution in [2.24, 2.45) is 0 Å². The van der Waals surface area contributed by atoms with E-state index >= 15 is 0 Å². The van der Waals surface area contributed by atoms with E-state index in [4.69, 9.17) is 9.90 Å². The average molecular weight is 480 g/mol. The van der Waals surface area contributed by atoms with E-state index in [1.165, 1.54) is 4.31 Å². The molecule has 0 spiro atoms. The maximum absolute atomic E-state index is 13.3. The van der Waals surface area contributed by atoms with E-state index < -0.39 is 22.2 Å². The number of piperazine rings is 1. The lowest BCUT2D eigenvalue weighted by molar-refractivity contribution is -0.192. The van der Waals surface area contributed by atoms with Crippen molar-refractivity contribution in [3.63, 3.8) is 0 Å². The third-order valence-electron chi connectivity index (χ3n) is 5.34. The van der Waals surface area contributed by atoms with Gasteiger partial charge in [0.05, 0.1) is 11.4 Å². The standard InChI is InChI=1S/C18H27N3O3S.C2HF3O2/c1-13-10-15(3)17(11-14(13)2)25(23,24)21(16-4-5-16)12-18(22)20-8-6-19-7-9-20;3-2(4,5)1(6)7/h10-11,16,19H,4-9,12H2,1-3H3;(H,6,7). The van der Waals surface area contributed by atoms with E-state index in [2.05, 4.69) is 5.32 Å². The molecule has 0 atom stereocenters. The van der Waals surface area contributed by atoms with Gasteiger partial charge in [0.25, 0.3) is 0 Å². The highest BCUT2D eigenvalue weighted by Gasteiger charge is 2.41. The Morgan fingerprint density at radius 2 is 1.59 bits per heavy atom. The fraction of sp³-hybridized carbons (Fsp3) is 0.600. The second kappa shape index (κ2) is 10.2. The summed E-state index contributed by atoms with van der Waals surface area (Å²) in [6, 6.07) is 3.61. The normalized spacial score (nSPS) is 17.0. The van der Waals surface area contributed by atoms with Gasteiger partial charge in [-0.25, -0.2) is 13.2 Å². The van der Waals surface area contributed by atoms with Crippen molar-refractivity contribution in [1.82, 2.24) is 14.5 Å². The number of carbonyl (C=O) groups is 2. The van der Waals surface area contributed by atoms with Gasteiger partial charge in [-0.05, 0) is 56.4 Å². The SMILES string of the molecule is Cc1cc(C)c(S(=O)(=O)N(CC(=O)N2CCNCC2)C2CC2)cc1C.O=C(O)C(F)(F)F. The minimum Gasteiger partial charge on any atom is -0.475 e. The fourth-order valence-corrected chi connectivity index (χ4v) is 5.19. The Kier molecular flexibility index (Phi) is 8.29. The number of carboxylic acids is 1. The van der Waals surface area contributed by atoms with Crippen LogP contribution in [0.15, 0.2) is 17.0 Å². The highest BCUT2D eigenvalue weighted by atomic mass is 32.2. The number of carbonyl (C=O) groups excluding carboxylic acids is 1. The summed E-state index contributed by atoms with van der Waals surface area (Å²) in [4.78, 5) is 23.6. The molecule has 8 nitrogen and oxygen atoms in total. The summed E-state index contributed by atoms with van der Waals surface area (Å²) in [7, 11) is -3.67. The number of hydrogen-bond acceptors (Lipinski definition) is 5. The summed E-state index contributed by atoms with van der Waals surface area (Å²) in [6.07, 6.45) is -3.42. The monoisotopic (exact) mass is 479 g/mol. The quantitative estimate of drug-likeness (QED) is 0.668. The molecule has 1 aromatic carbocycles. The van der Waals surface area contributed by atoms with Crippen LogP contribution in [0.5, 0.6) is 0 Å². The number of alkyl halides is 3. The van der Waals surface area contributed by atoms with Crippen LogP contribution < -0.4 is 5.32 Å². The topological polar surface area (TPSA) is 107 Å². The van der Waals surface area contributed by atoms with E-state index in [1.807, 2.05) is 26.8 Å². The molecule has 12 heteroatoms. The molecule has 0 aromatic heterocycles. The molecule has 3 rings (SSSR count). The lowest BCUT2D eigenvalue weighted by atomic mass is 10.1. The van der Waals surface area contributed by atoms with Crippen molar-refractivity contribution < 1.29 is 36.3 Å². The van der Waals surface area contributed by atoms with Gasteiger partial charge in [0.2, 0.25) is 15.9 Å². The van der Waals surface area contributed by atoms with Crippen LogP contribution in [0, 0.1) is 20.8 Å². The molecule has 0 radical (unpaired) electrons.